The number of carbonyl (C=O) groups excluding carboxylic acids is 4. The van der Waals surface area contributed by atoms with Gasteiger partial charge in [-0.05, 0) is 77.1 Å². The molecule has 2 aromatic carbocycles. The lowest BCUT2D eigenvalue weighted by atomic mass is 9.94. The standard InChI is InChI=1S/C29H39N3O5/c1-18-13-19(2)24(20(3)14-18)16-23(17-33)31-26(34)21(4)30-27(35)25(15-22-11-9-8-10-12-22)32-28(36)37-29(5,6)7/h8-14,17,21,23,25H,15-16H2,1-7H3,(H,30,35)(H,31,34)(H,32,36)/t21-,23-,25-/m0/s1. The molecule has 3 N–H and O–H groups in total. The smallest absolute Gasteiger partial charge is 0.408 e. The maximum atomic E-state index is 13.1. The third-order valence-corrected chi connectivity index (χ3v) is 5.80. The van der Waals surface area contributed by atoms with Gasteiger partial charge in [0.25, 0.3) is 0 Å². The zero-order valence-electron chi connectivity index (χ0n) is 22.8. The van der Waals surface area contributed by atoms with Crippen molar-refractivity contribution in [1.29, 1.82) is 0 Å². The summed E-state index contributed by atoms with van der Waals surface area (Å²) in [5.74, 6) is -1.03. The molecule has 0 saturated heterocycles. The SMILES string of the molecule is Cc1cc(C)c(C[C@@H](C=O)NC(=O)[C@H](C)NC(=O)[C@H](Cc2ccccc2)NC(=O)OC(C)(C)C)c(C)c1. The van der Waals surface area contributed by atoms with E-state index in [9.17, 15) is 19.2 Å². The van der Waals surface area contributed by atoms with Gasteiger partial charge in [0, 0.05) is 6.42 Å². The highest BCUT2D eigenvalue weighted by molar-refractivity contribution is 5.92. The maximum absolute atomic E-state index is 13.1. The van der Waals surface area contributed by atoms with Gasteiger partial charge in [-0.2, -0.15) is 0 Å². The van der Waals surface area contributed by atoms with Crippen LogP contribution in [-0.2, 0) is 32.0 Å². The number of rotatable bonds is 10. The van der Waals surface area contributed by atoms with Crippen molar-refractivity contribution in [1.82, 2.24) is 16.0 Å². The van der Waals surface area contributed by atoms with E-state index in [2.05, 4.69) is 16.0 Å². The van der Waals surface area contributed by atoms with Gasteiger partial charge in [-0.1, -0.05) is 48.0 Å². The summed E-state index contributed by atoms with van der Waals surface area (Å²) in [6.45, 7) is 12.7. The summed E-state index contributed by atoms with van der Waals surface area (Å²) in [4.78, 5) is 50.1. The highest BCUT2D eigenvalue weighted by Gasteiger charge is 2.28. The number of hydrogen-bond acceptors (Lipinski definition) is 5. The fourth-order valence-electron chi connectivity index (χ4n) is 4.08. The van der Waals surface area contributed by atoms with E-state index in [4.69, 9.17) is 4.74 Å². The van der Waals surface area contributed by atoms with Crippen molar-refractivity contribution in [3.05, 3.63) is 70.3 Å². The molecule has 0 radical (unpaired) electrons. The van der Waals surface area contributed by atoms with Crippen LogP contribution in [0.3, 0.4) is 0 Å². The topological polar surface area (TPSA) is 114 Å². The predicted octanol–water partition coefficient (Wildman–Crippen LogP) is 3.48. The molecule has 3 amide bonds. The van der Waals surface area contributed by atoms with Gasteiger partial charge in [0.15, 0.2) is 0 Å². The molecule has 8 nitrogen and oxygen atoms in total. The average Bonchev–Trinajstić information content (AvgIpc) is 2.79. The van der Waals surface area contributed by atoms with E-state index in [1.807, 2.05) is 63.2 Å². The number of amides is 3. The van der Waals surface area contributed by atoms with Crippen LogP contribution in [0.1, 0.15) is 55.5 Å². The molecule has 2 rings (SSSR count). The van der Waals surface area contributed by atoms with Crippen molar-refractivity contribution in [2.45, 2.75) is 85.0 Å². The number of hydrogen-bond donors (Lipinski definition) is 3. The van der Waals surface area contributed by atoms with Crippen molar-refractivity contribution >= 4 is 24.2 Å². The molecule has 0 heterocycles. The van der Waals surface area contributed by atoms with Crippen molar-refractivity contribution in [2.24, 2.45) is 0 Å². The zero-order chi connectivity index (χ0) is 27.8. The van der Waals surface area contributed by atoms with E-state index in [1.165, 1.54) is 6.92 Å². The van der Waals surface area contributed by atoms with Crippen LogP contribution in [0.2, 0.25) is 0 Å². The number of aldehydes is 1. The molecule has 0 unspecified atom stereocenters. The zero-order valence-corrected chi connectivity index (χ0v) is 22.8. The summed E-state index contributed by atoms with van der Waals surface area (Å²) in [7, 11) is 0. The van der Waals surface area contributed by atoms with Gasteiger partial charge < -0.3 is 25.5 Å². The van der Waals surface area contributed by atoms with Crippen molar-refractivity contribution in [3.8, 4) is 0 Å². The first-order valence-corrected chi connectivity index (χ1v) is 12.4. The van der Waals surface area contributed by atoms with Crippen LogP contribution in [-0.4, -0.2) is 47.9 Å². The fourth-order valence-corrected chi connectivity index (χ4v) is 4.08. The molecule has 0 fully saturated rings. The second kappa shape index (κ2) is 13.0. The van der Waals surface area contributed by atoms with Crippen LogP contribution in [0.5, 0.6) is 0 Å². The van der Waals surface area contributed by atoms with E-state index in [0.717, 1.165) is 27.8 Å². The van der Waals surface area contributed by atoms with Crippen molar-refractivity contribution in [3.63, 3.8) is 0 Å². The molecule has 0 aliphatic heterocycles. The number of carbonyl (C=O) groups is 4. The highest BCUT2D eigenvalue weighted by Crippen LogP contribution is 2.18. The molecule has 0 aliphatic rings. The van der Waals surface area contributed by atoms with Gasteiger partial charge >= 0.3 is 6.09 Å². The van der Waals surface area contributed by atoms with Crippen LogP contribution < -0.4 is 16.0 Å². The minimum Gasteiger partial charge on any atom is -0.444 e. The summed E-state index contributed by atoms with van der Waals surface area (Å²) in [5.41, 5.74) is 4.34. The van der Waals surface area contributed by atoms with Crippen LogP contribution in [0, 0.1) is 20.8 Å². The van der Waals surface area contributed by atoms with Gasteiger partial charge in [-0.3, -0.25) is 9.59 Å². The monoisotopic (exact) mass is 509 g/mol. The second-order valence-electron chi connectivity index (χ2n) is 10.5. The summed E-state index contributed by atoms with van der Waals surface area (Å²) in [6, 6.07) is 10.7. The largest absolute Gasteiger partial charge is 0.444 e. The predicted molar refractivity (Wildman–Crippen MR) is 143 cm³/mol. The average molecular weight is 510 g/mol. The third-order valence-electron chi connectivity index (χ3n) is 5.80. The van der Waals surface area contributed by atoms with Gasteiger partial charge in [0.05, 0.1) is 6.04 Å². The Labute approximate surface area is 219 Å². The Kier molecular flexibility index (Phi) is 10.4. The third kappa shape index (κ3) is 9.71. The lowest BCUT2D eigenvalue weighted by molar-refractivity contribution is -0.130. The molecular weight excluding hydrogens is 470 g/mol. The fraction of sp³-hybridized carbons (Fsp3) is 0.448. The normalized spacial score (nSPS) is 13.6. The lowest BCUT2D eigenvalue weighted by Crippen LogP contribution is -2.55. The number of benzene rings is 2. The second-order valence-corrected chi connectivity index (χ2v) is 10.5. The molecule has 0 aromatic heterocycles. The van der Waals surface area contributed by atoms with E-state index in [1.54, 1.807) is 20.8 Å². The minimum atomic E-state index is -0.966. The van der Waals surface area contributed by atoms with Gasteiger partial charge in [0.1, 0.15) is 24.0 Å². The first kappa shape index (κ1) is 29.5. The first-order chi connectivity index (χ1) is 17.3. The summed E-state index contributed by atoms with van der Waals surface area (Å²) < 4.78 is 5.31. The van der Waals surface area contributed by atoms with Gasteiger partial charge in [-0.15, -0.1) is 0 Å². The van der Waals surface area contributed by atoms with E-state index >= 15 is 0 Å². The molecule has 0 saturated carbocycles. The van der Waals surface area contributed by atoms with E-state index < -0.39 is 41.6 Å². The Morgan fingerprint density at radius 3 is 2.03 bits per heavy atom. The van der Waals surface area contributed by atoms with Crippen molar-refractivity contribution < 1.29 is 23.9 Å². The van der Waals surface area contributed by atoms with E-state index in [-0.39, 0.29) is 6.42 Å². The number of aryl methyl sites for hydroxylation is 3. The summed E-state index contributed by atoms with van der Waals surface area (Å²) in [6.07, 6.45) is 0.534. The molecule has 2 aromatic rings. The van der Waals surface area contributed by atoms with Crippen molar-refractivity contribution in [2.75, 3.05) is 0 Å². The number of alkyl carbamates (subject to hydrolysis) is 1. The molecule has 0 aliphatic carbocycles. The van der Waals surface area contributed by atoms with Crippen LogP contribution >= 0.6 is 0 Å². The first-order valence-electron chi connectivity index (χ1n) is 12.4. The Balaban J connectivity index is 2.07. The molecule has 3 atom stereocenters. The quantitative estimate of drug-likeness (QED) is 0.425. The maximum Gasteiger partial charge on any atom is 0.408 e. The van der Waals surface area contributed by atoms with Crippen LogP contribution in [0.15, 0.2) is 42.5 Å². The van der Waals surface area contributed by atoms with Crippen LogP contribution in [0.25, 0.3) is 0 Å². The Bertz CT molecular complexity index is 1090. The van der Waals surface area contributed by atoms with Crippen LogP contribution in [0.4, 0.5) is 4.79 Å². The lowest BCUT2D eigenvalue weighted by Gasteiger charge is -2.25. The number of ether oxygens (including phenoxy) is 1. The minimum absolute atomic E-state index is 0.212. The summed E-state index contributed by atoms with van der Waals surface area (Å²) in [5, 5.41) is 7.98. The Hall–Kier alpha value is -3.68. The van der Waals surface area contributed by atoms with E-state index in [0.29, 0.717) is 12.7 Å². The Morgan fingerprint density at radius 2 is 1.49 bits per heavy atom. The molecule has 200 valence electrons. The molecule has 8 heteroatoms. The van der Waals surface area contributed by atoms with Gasteiger partial charge in [-0.25, -0.2) is 4.79 Å². The van der Waals surface area contributed by atoms with Gasteiger partial charge in [0.2, 0.25) is 11.8 Å². The Morgan fingerprint density at radius 1 is 0.892 bits per heavy atom. The molecule has 0 bridgehead atoms. The number of nitrogens with one attached hydrogen (secondary N) is 3. The molecule has 0 spiro atoms. The summed E-state index contributed by atoms with van der Waals surface area (Å²) >= 11 is 0. The molecule has 37 heavy (non-hydrogen) atoms. The highest BCUT2D eigenvalue weighted by atomic mass is 16.6. The molecular formula is C29H39N3O5.